The molecule has 0 spiro atoms. The van der Waals surface area contributed by atoms with Crippen LogP contribution in [0.25, 0.3) is 0 Å². The van der Waals surface area contributed by atoms with Crippen LogP contribution < -0.4 is 15.4 Å². The molecule has 1 aromatic rings. The third-order valence-electron chi connectivity index (χ3n) is 3.81. The molecule has 0 radical (unpaired) electrons. The van der Waals surface area contributed by atoms with Crippen molar-refractivity contribution in [2.24, 2.45) is 4.99 Å². The summed E-state index contributed by atoms with van der Waals surface area (Å²) in [6.45, 7) is 8.82. The minimum absolute atomic E-state index is 0. The van der Waals surface area contributed by atoms with Crippen molar-refractivity contribution in [3.05, 3.63) is 29.8 Å². The monoisotopic (exact) mass is 544 g/mol. The van der Waals surface area contributed by atoms with E-state index >= 15 is 0 Å². The molecule has 0 fully saturated rings. The molecular weight excluding hydrogens is 511 g/mol. The maximum atomic E-state index is 12.3. The Morgan fingerprint density at radius 2 is 2.00 bits per heavy atom. The van der Waals surface area contributed by atoms with E-state index in [0.29, 0.717) is 19.1 Å². The molecule has 7 nitrogen and oxygen atoms in total. The molecule has 0 atom stereocenters. The Morgan fingerprint density at radius 1 is 1.29 bits per heavy atom. The summed E-state index contributed by atoms with van der Waals surface area (Å²) in [7, 11) is -2.02. The van der Waals surface area contributed by atoms with Gasteiger partial charge in [0.1, 0.15) is 0 Å². The third-order valence-corrected chi connectivity index (χ3v) is 6.51. The van der Waals surface area contributed by atoms with Gasteiger partial charge in [-0.05, 0) is 44.7 Å². The van der Waals surface area contributed by atoms with Crippen LogP contribution in [0.1, 0.15) is 26.3 Å². The first kappa shape index (κ1) is 27.4. The number of methoxy groups -OCH3 is 1. The minimum Gasteiger partial charge on any atom is -0.383 e. The Bertz CT molecular complexity index is 713. The highest BCUT2D eigenvalue weighted by Gasteiger charge is 2.16. The van der Waals surface area contributed by atoms with Crippen molar-refractivity contribution in [3.8, 4) is 0 Å². The zero-order valence-corrected chi connectivity index (χ0v) is 21.2. The van der Waals surface area contributed by atoms with Gasteiger partial charge in [0.25, 0.3) is 0 Å². The molecule has 162 valence electrons. The lowest BCUT2D eigenvalue weighted by Gasteiger charge is -2.23. The lowest BCUT2D eigenvalue weighted by molar-refractivity contribution is 0.204. The molecule has 0 saturated heterocycles. The van der Waals surface area contributed by atoms with Crippen molar-refractivity contribution in [1.82, 2.24) is 15.4 Å². The molecule has 1 rings (SSSR count). The predicted molar refractivity (Wildman–Crippen MR) is 129 cm³/mol. The lowest BCUT2D eigenvalue weighted by atomic mass is 10.2. The Morgan fingerprint density at radius 3 is 2.61 bits per heavy atom. The number of sulfonamides is 1. The largest absolute Gasteiger partial charge is 0.383 e. The fraction of sp³-hybridized carbons (Fsp3) is 0.611. The van der Waals surface area contributed by atoms with Crippen LogP contribution in [0.2, 0.25) is 0 Å². The van der Waals surface area contributed by atoms with Gasteiger partial charge in [-0.3, -0.25) is 0 Å². The number of guanidine groups is 1. The molecule has 3 N–H and O–H groups in total. The summed E-state index contributed by atoms with van der Waals surface area (Å²) in [6.07, 6.45) is 2.08. The predicted octanol–water partition coefficient (Wildman–Crippen LogP) is 2.43. The molecule has 0 aromatic heterocycles. The maximum Gasteiger partial charge on any atom is 0.240 e. The Hall–Kier alpha value is -0.560. The zero-order valence-electron chi connectivity index (χ0n) is 17.2. The molecule has 0 heterocycles. The van der Waals surface area contributed by atoms with Crippen molar-refractivity contribution in [2.75, 3.05) is 39.6 Å². The Balaban J connectivity index is 0.00000729. The van der Waals surface area contributed by atoms with E-state index in [1.165, 1.54) is 7.11 Å². The van der Waals surface area contributed by atoms with Crippen LogP contribution in [0.4, 0.5) is 0 Å². The molecule has 0 bridgehead atoms. The van der Waals surface area contributed by atoms with Crippen molar-refractivity contribution < 1.29 is 13.2 Å². The van der Waals surface area contributed by atoms with Gasteiger partial charge in [0.15, 0.2) is 5.96 Å². The van der Waals surface area contributed by atoms with Crippen molar-refractivity contribution in [1.29, 1.82) is 0 Å². The lowest BCUT2D eigenvalue weighted by Crippen LogP contribution is -2.43. The quantitative estimate of drug-likeness (QED) is 0.172. The number of nitrogens with zero attached hydrogens (tertiary/aromatic N) is 1. The molecule has 0 amide bonds. The van der Waals surface area contributed by atoms with E-state index in [2.05, 4.69) is 40.5 Å². The summed E-state index contributed by atoms with van der Waals surface area (Å²) in [5.41, 5.74) is 0.825. The third kappa shape index (κ3) is 10.3. The average Bonchev–Trinajstić information content (AvgIpc) is 2.64. The fourth-order valence-electron chi connectivity index (χ4n) is 2.05. The van der Waals surface area contributed by atoms with E-state index in [4.69, 9.17) is 4.74 Å². The van der Waals surface area contributed by atoms with Gasteiger partial charge in [0.2, 0.25) is 10.0 Å². The minimum atomic E-state index is -3.55. The molecule has 28 heavy (non-hydrogen) atoms. The van der Waals surface area contributed by atoms with E-state index in [1.54, 1.807) is 30.0 Å². The fourth-order valence-corrected chi connectivity index (χ4v) is 3.35. The van der Waals surface area contributed by atoms with Crippen LogP contribution in [0.5, 0.6) is 0 Å². The van der Waals surface area contributed by atoms with Crippen LogP contribution in [-0.4, -0.2) is 58.7 Å². The number of benzene rings is 1. The van der Waals surface area contributed by atoms with Gasteiger partial charge in [-0.25, -0.2) is 18.1 Å². The van der Waals surface area contributed by atoms with Gasteiger partial charge in [-0.15, -0.1) is 24.0 Å². The Labute approximate surface area is 190 Å². The van der Waals surface area contributed by atoms with E-state index in [0.717, 1.165) is 18.7 Å². The number of rotatable bonds is 11. The highest BCUT2D eigenvalue weighted by atomic mass is 127. The van der Waals surface area contributed by atoms with Gasteiger partial charge in [-0.2, -0.15) is 11.8 Å². The number of ether oxygens (including phenoxy) is 1. The van der Waals surface area contributed by atoms with Gasteiger partial charge in [0.05, 0.1) is 18.0 Å². The summed E-state index contributed by atoms with van der Waals surface area (Å²) >= 11 is 1.79. The topological polar surface area (TPSA) is 91.8 Å². The van der Waals surface area contributed by atoms with Crippen molar-refractivity contribution in [2.45, 2.75) is 37.0 Å². The number of halogens is 1. The van der Waals surface area contributed by atoms with Crippen LogP contribution >= 0.6 is 35.7 Å². The van der Waals surface area contributed by atoms with Crippen molar-refractivity contribution in [3.63, 3.8) is 0 Å². The van der Waals surface area contributed by atoms with Gasteiger partial charge >= 0.3 is 0 Å². The second-order valence-corrected chi connectivity index (χ2v) is 9.83. The standard InChI is InChI=1S/C18H32N4O3S2.HI/c1-6-19-17(21-14-18(2,3)26-5)20-13-15-8-7-9-16(12-15)27(23,24)22-10-11-25-4;/h7-9,12,22H,6,10-11,13-14H2,1-5H3,(H2,19,20,21);1H. The first-order valence-corrected chi connectivity index (χ1v) is 11.6. The highest BCUT2D eigenvalue weighted by molar-refractivity contribution is 14.0. The molecule has 0 aliphatic carbocycles. The molecule has 10 heteroatoms. The van der Waals surface area contributed by atoms with Gasteiger partial charge in [0, 0.05) is 31.5 Å². The molecule has 0 aliphatic heterocycles. The van der Waals surface area contributed by atoms with Crippen molar-refractivity contribution >= 4 is 51.7 Å². The smallest absolute Gasteiger partial charge is 0.240 e. The summed E-state index contributed by atoms with van der Waals surface area (Å²) in [6, 6.07) is 6.82. The summed E-state index contributed by atoms with van der Waals surface area (Å²) in [5, 5.41) is 6.55. The molecule has 0 unspecified atom stereocenters. The number of nitrogens with one attached hydrogen (secondary N) is 3. The molecule has 0 saturated carbocycles. The maximum absolute atomic E-state index is 12.3. The second-order valence-electron chi connectivity index (χ2n) is 6.55. The number of hydrogen-bond acceptors (Lipinski definition) is 5. The summed E-state index contributed by atoms with van der Waals surface area (Å²) < 4.78 is 32.1. The average molecular weight is 545 g/mol. The summed E-state index contributed by atoms with van der Waals surface area (Å²) in [4.78, 5) is 4.80. The van der Waals surface area contributed by atoms with Crippen LogP contribution in [0.3, 0.4) is 0 Å². The summed E-state index contributed by atoms with van der Waals surface area (Å²) in [5.74, 6) is 0.714. The van der Waals surface area contributed by atoms with Gasteiger partial charge in [-0.1, -0.05) is 12.1 Å². The second kappa shape index (κ2) is 13.6. The Kier molecular flexibility index (Phi) is 13.4. The normalized spacial score (nSPS) is 12.4. The molecule has 1 aromatic carbocycles. The van der Waals surface area contributed by atoms with E-state index < -0.39 is 10.0 Å². The number of hydrogen-bond donors (Lipinski definition) is 3. The van der Waals surface area contributed by atoms with E-state index in [9.17, 15) is 8.42 Å². The first-order valence-electron chi connectivity index (χ1n) is 8.89. The SMILES string of the molecule is CCNC(=NCc1cccc(S(=O)(=O)NCCOC)c1)NCC(C)(C)SC.I. The van der Waals surface area contributed by atoms with Gasteiger partial charge < -0.3 is 15.4 Å². The number of aliphatic imine (C=N–C) groups is 1. The number of thioether (sulfide) groups is 1. The van der Waals surface area contributed by atoms with Crippen LogP contribution in [-0.2, 0) is 21.3 Å². The van der Waals surface area contributed by atoms with E-state index in [-0.39, 0.29) is 40.2 Å². The first-order chi connectivity index (χ1) is 12.7. The van der Waals surface area contributed by atoms with Crippen LogP contribution in [0, 0.1) is 0 Å². The molecule has 0 aliphatic rings. The van der Waals surface area contributed by atoms with E-state index in [1.807, 2.05) is 13.0 Å². The molecular formula is C18H33IN4O3S2. The zero-order chi connectivity index (χ0) is 20.3. The van der Waals surface area contributed by atoms with Crippen LogP contribution in [0.15, 0.2) is 34.2 Å². The highest BCUT2D eigenvalue weighted by Crippen LogP contribution is 2.19.